The third-order valence-electron chi connectivity index (χ3n) is 3.44. The fourth-order valence-corrected chi connectivity index (χ4v) is 2.35. The molecule has 17 heavy (non-hydrogen) atoms. The Bertz CT molecular complexity index is 247. The molecule has 5 heteroatoms. The van der Waals surface area contributed by atoms with Gasteiger partial charge in [-0.25, -0.2) is 0 Å². The van der Waals surface area contributed by atoms with Gasteiger partial charge < -0.3 is 19.9 Å². The van der Waals surface area contributed by atoms with Gasteiger partial charge in [-0.3, -0.25) is 4.79 Å². The van der Waals surface area contributed by atoms with E-state index in [4.69, 9.17) is 9.47 Å². The van der Waals surface area contributed by atoms with Crippen molar-refractivity contribution in [3.05, 3.63) is 0 Å². The van der Waals surface area contributed by atoms with E-state index in [1.54, 1.807) is 14.2 Å². The molecule has 1 rings (SSSR count). The van der Waals surface area contributed by atoms with E-state index in [1.165, 1.54) is 0 Å². The number of rotatable bonds is 7. The summed E-state index contributed by atoms with van der Waals surface area (Å²) in [5.41, 5.74) is -0.801. The van der Waals surface area contributed by atoms with Crippen LogP contribution in [0.3, 0.4) is 0 Å². The molecule has 1 aliphatic carbocycles. The zero-order chi connectivity index (χ0) is 12.7. The van der Waals surface area contributed by atoms with Gasteiger partial charge in [-0.2, -0.15) is 0 Å². The van der Waals surface area contributed by atoms with Crippen molar-refractivity contribution in [3.63, 3.8) is 0 Å². The highest BCUT2D eigenvalue weighted by Gasteiger charge is 2.41. The van der Waals surface area contributed by atoms with Gasteiger partial charge in [-0.05, 0) is 32.7 Å². The van der Waals surface area contributed by atoms with E-state index in [9.17, 15) is 9.90 Å². The zero-order valence-corrected chi connectivity index (χ0v) is 10.7. The molecule has 0 heterocycles. The number of carboxylic acids is 1. The molecular formula is C12H23NO4. The van der Waals surface area contributed by atoms with Crippen molar-refractivity contribution >= 4 is 5.97 Å². The van der Waals surface area contributed by atoms with Crippen LogP contribution in [0.15, 0.2) is 0 Å². The van der Waals surface area contributed by atoms with Crippen molar-refractivity contribution in [1.29, 1.82) is 0 Å². The Morgan fingerprint density at radius 1 is 1.53 bits per heavy atom. The van der Waals surface area contributed by atoms with Crippen molar-refractivity contribution < 1.29 is 19.4 Å². The fourth-order valence-electron chi connectivity index (χ4n) is 2.35. The van der Waals surface area contributed by atoms with Crippen molar-refractivity contribution in [3.8, 4) is 0 Å². The molecule has 0 spiro atoms. The minimum absolute atomic E-state index is 0.0455. The van der Waals surface area contributed by atoms with E-state index in [0.717, 1.165) is 19.3 Å². The molecule has 1 fully saturated rings. The average molecular weight is 245 g/mol. The van der Waals surface area contributed by atoms with E-state index in [2.05, 4.69) is 5.32 Å². The second-order valence-electron chi connectivity index (χ2n) is 4.57. The first-order valence-corrected chi connectivity index (χ1v) is 6.17. The number of methoxy groups -OCH3 is 1. The van der Waals surface area contributed by atoms with Gasteiger partial charge in [-0.15, -0.1) is 0 Å². The van der Waals surface area contributed by atoms with Crippen LogP contribution in [0, 0.1) is 0 Å². The number of hydrogen-bond donors (Lipinski definition) is 2. The van der Waals surface area contributed by atoms with E-state index in [1.807, 2.05) is 0 Å². The molecule has 0 radical (unpaired) electrons. The second-order valence-corrected chi connectivity index (χ2v) is 4.57. The van der Waals surface area contributed by atoms with Crippen LogP contribution in [0.25, 0.3) is 0 Å². The number of carbonyl (C=O) groups is 1. The Morgan fingerprint density at radius 3 is 2.88 bits per heavy atom. The average Bonchev–Trinajstić information content (AvgIpc) is 2.34. The van der Waals surface area contributed by atoms with Gasteiger partial charge in [0.2, 0.25) is 0 Å². The lowest BCUT2D eigenvalue weighted by atomic mass is 9.80. The van der Waals surface area contributed by atoms with Crippen LogP contribution in [-0.2, 0) is 14.3 Å². The number of carboxylic acid groups (broad SMARTS) is 1. The molecule has 2 N–H and O–H groups in total. The molecule has 0 saturated heterocycles. The normalized spacial score (nSPS) is 29.2. The Morgan fingerprint density at radius 2 is 2.29 bits per heavy atom. The molecule has 1 aliphatic rings. The minimum Gasteiger partial charge on any atom is -0.480 e. The summed E-state index contributed by atoms with van der Waals surface area (Å²) in [5, 5.41) is 12.2. The van der Waals surface area contributed by atoms with Crippen molar-refractivity contribution in [2.45, 2.75) is 43.7 Å². The van der Waals surface area contributed by atoms with Gasteiger partial charge in [0, 0.05) is 26.7 Å². The summed E-state index contributed by atoms with van der Waals surface area (Å²) in [6.45, 7) is 1.32. The highest BCUT2D eigenvalue weighted by atomic mass is 16.5. The predicted octanol–water partition coefficient (Wildman–Crippen LogP) is 1.02. The molecule has 0 aromatic heterocycles. The molecule has 100 valence electrons. The van der Waals surface area contributed by atoms with Crippen LogP contribution in [0.2, 0.25) is 0 Å². The maximum atomic E-state index is 11.3. The maximum absolute atomic E-state index is 11.3. The number of aliphatic carboxylic acids is 1. The first-order chi connectivity index (χ1) is 8.14. The zero-order valence-electron chi connectivity index (χ0n) is 10.7. The Balaban J connectivity index is 2.40. The summed E-state index contributed by atoms with van der Waals surface area (Å²) in [4.78, 5) is 11.3. The molecular weight excluding hydrogens is 222 g/mol. The molecule has 0 amide bonds. The molecule has 1 saturated carbocycles. The minimum atomic E-state index is -0.801. The highest BCUT2D eigenvalue weighted by molar-refractivity contribution is 5.79. The van der Waals surface area contributed by atoms with Crippen molar-refractivity contribution in [2.75, 3.05) is 27.4 Å². The van der Waals surface area contributed by atoms with E-state index in [-0.39, 0.29) is 6.10 Å². The van der Waals surface area contributed by atoms with Crippen LogP contribution in [0.5, 0.6) is 0 Å². The molecule has 0 bridgehead atoms. The molecule has 0 aromatic carbocycles. The summed E-state index contributed by atoms with van der Waals surface area (Å²) in [5.74, 6) is -0.773. The van der Waals surface area contributed by atoms with Gasteiger partial charge in [-0.1, -0.05) is 0 Å². The van der Waals surface area contributed by atoms with Gasteiger partial charge in [0.05, 0.1) is 6.10 Å². The summed E-state index contributed by atoms with van der Waals surface area (Å²) in [7, 11) is 3.37. The molecule has 2 unspecified atom stereocenters. The topological polar surface area (TPSA) is 67.8 Å². The van der Waals surface area contributed by atoms with Crippen molar-refractivity contribution in [2.24, 2.45) is 0 Å². The van der Waals surface area contributed by atoms with Gasteiger partial charge in [0.25, 0.3) is 0 Å². The summed E-state index contributed by atoms with van der Waals surface area (Å²) in [6, 6.07) is 0. The number of hydrogen-bond acceptors (Lipinski definition) is 4. The smallest absolute Gasteiger partial charge is 0.323 e. The Labute approximate surface area is 102 Å². The fraction of sp³-hybridized carbons (Fsp3) is 0.917. The highest BCUT2D eigenvalue weighted by Crippen LogP contribution is 2.30. The lowest BCUT2D eigenvalue weighted by molar-refractivity contribution is -0.148. The lowest BCUT2D eigenvalue weighted by Gasteiger charge is -2.37. The quantitative estimate of drug-likeness (QED) is 0.656. The largest absolute Gasteiger partial charge is 0.480 e. The van der Waals surface area contributed by atoms with Crippen LogP contribution in [0.1, 0.15) is 32.1 Å². The first kappa shape index (κ1) is 14.4. The van der Waals surface area contributed by atoms with Crippen molar-refractivity contribution in [1.82, 2.24) is 5.32 Å². The summed E-state index contributed by atoms with van der Waals surface area (Å²) in [6.07, 6.45) is 3.96. The monoisotopic (exact) mass is 245 g/mol. The summed E-state index contributed by atoms with van der Waals surface area (Å²) < 4.78 is 10.7. The maximum Gasteiger partial charge on any atom is 0.323 e. The third-order valence-corrected chi connectivity index (χ3v) is 3.44. The van der Waals surface area contributed by atoms with Crippen LogP contribution in [0.4, 0.5) is 0 Å². The summed E-state index contributed by atoms with van der Waals surface area (Å²) >= 11 is 0. The first-order valence-electron chi connectivity index (χ1n) is 6.17. The van der Waals surface area contributed by atoms with E-state index >= 15 is 0 Å². The van der Waals surface area contributed by atoms with Crippen LogP contribution >= 0.6 is 0 Å². The molecule has 2 atom stereocenters. The van der Waals surface area contributed by atoms with Gasteiger partial charge in [0.15, 0.2) is 0 Å². The van der Waals surface area contributed by atoms with E-state index < -0.39 is 11.5 Å². The number of nitrogens with one attached hydrogen (secondary N) is 1. The second kappa shape index (κ2) is 6.93. The predicted molar refractivity (Wildman–Crippen MR) is 64.1 cm³/mol. The standard InChI is InChI=1S/C12H23NO4/c1-13-12(11(14)15)6-3-5-10(9-12)17-8-4-7-16-2/h10,13H,3-9H2,1-2H3,(H,14,15). The van der Waals surface area contributed by atoms with Gasteiger partial charge >= 0.3 is 5.97 Å². The Kier molecular flexibility index (Phi) is 5.88. The number of ether oxygens (including phenoxy) is 2. The lowest BCUT2D eigenvalue weighted by Crippen LogP contribution is -2.54. The molecule has 0 aromatic rings. The van der Waals surface area contributed by atoms with Crippen LogP contribution < -0.4 is 5.32 Å². The number of likely N-dealkylation sites (N-methyl/N-ethyl adjacent to an activating group) is 1. The molecule has 5 nitrogen and oxygen atoms in total. The van der Waals surface area contributed by atoms with Crippen LogP contribution in [-0.4, -0.2) is 50.1 Å². The van der Waals surface area contributed by atoms with E-state index in [0.29, 0.717) is 26.1 Å². The van der Waals surface area contributed by atoms with Gasteiger partial charge in [0.1, 0.15) is 5.54 Å². The third kappa shape index (κ3) is 3.94. The SMILES string of the molecule is CNC1(C(=O)O)CCCC(OCCCOC)C1. The molecule has 0 aliphatic heterocycles. The Hall–Kier alpha value is -0.650.